The van der Waals surface area contributed by atoms with Crippen LogP contribution in [0.1, 0.15) is 12.8 Å². The van der Waals surface area contributed by atoms with Gasteiger partial charge in [0.05, 0.1) is 27.2 Å². The van der Waals surface area contributed by atoms with Crippen LogP contribution in [0.2, 0.25) is 10.0 Å². The molecular weight excluding hydrogens is 305 g/mol. The second-order valence-electron chi connectivity index (χ2n) is 4.48. The van der Waals surface area contributed by atoms with E-state index in [9.17, 15) is 14.9 Å². The molecular formula is C12H13Cl2N3O3. The van der Waals surface area contributed by atoms with E-state index in [0.717, 1.165) is 25.9 Å². The predicted molar refractivity (Wildman–Crippen MR) is 77.4 cm³/mol. The van der Waals surface area contributed by atoms with Crippen LogP contribution < -0.4 is 5.32 Å². The Bertz CT molecular complexity index is 522. The molecule has 0 spiro atoms. The SMILES string of the molecule is O=C(CNc1c(Cl)cc([N+](=O)[O-])cc1Cl)N1CCCC1. The molecule has 6 nitrogen and oxygen atoms in total. The number of nitro groups is 1. The first-order chi connectivity index (χ1) is 9.49. The number of anilines is 1. The first kappa shape index (κ1) is 14.9. The average molecular weight is 318 g/mol. The highest BCUT2D eigenvalue weighted by atomic mass is 35.5. The number of nitrogens with zero attached hydrogens (tertiary/aromatic N) is 2. The van der Waals surface area contributed by atoms with E-state index in [1.54, 1.807) is 4.90 Å². The van der Waals surface area contributed by atoms with Crippen molar-refractivity contribution in [2.75, 3.05) is 25.0 Å². The molecule has 0 radical (unpaired) electrons. The zero-order valence-electron chi connectivity index (χ0n) is 10.6. The summed E-state index contributed by atoms with van der Waals surface area (Å²) in [7, 11) is 0. The molecule has 8 heteroatoms. The zero-order chi connectivity index (χ0) is 14.7. The van der Waals surface area contributed by atoms with Crippen molar-refractivity contribution < 1.29 is 9.72 Å². The molecule has 1 N–H and O–H groups in total. The number of rotatable bonds is 4. The molecule has 0 atom stereocenters. The summed E-state index contributed by atoms with van der Waals surface area (Å²) in [4.78, 5) is 23.7. The first-order valence-electron chi connectivity index (χ1n) is 6.14. The van der Waals surface area contributed by atoms with E-state index in [1.165, 1.54) is 12.1 Å². The molecule has 0 aliphatic carbocycles. The third-order valence-corrected chi connectivity index (χ3v) is 3.71. The van der Waals surface area contributed by atoms with Crippen molar-refractivity contribution in [3.05, 3.63) is 32.3 Å². The zero-order valence-corrected chi connectivity index (χ0v) is 12.1. The van der Waals surface area contributed by atoms with Crippen LogP contribution in [0, 0.1) is 10.1 Å². The van der Waals surface area contributed by atoms with Gasteiger partial charge < -0.3 is 10.2 Å². The van der Waals surface area contributed by atoms with Gasteiger partial charge in [-0.25, -0.2) is 0 Å². The van der Waals surface area contributed by atoms with Crippen molar-refractivity contribution in [1.82, 2.24) is 4.90 Å². The van der Waals surface area contributed by atoms with Gasteiger partial charge in [0.1, 0.15) is 0 Å². The normalized spacial score (nSPS) is 14.4. The first-order valence-corrected chi connectivity index (χ1v) is 6.89. The van der Waals surface area contributed by atoms with E-state index in [0.29, 0.717) is 5.69 Å². The van der Waals surface area contributed by atoms with Gasteiger partial charge in [-0.05, 0) is 12.8 Å². The summed E-state index contributed by atoms with van der Waals surface area (Å²) < 4.78 is 0. The molecule has 1 aliphatic rings. The van der Waals surface area contributed by atoms with Crippen molar-refractivity contribution in [1.29, 1.82) is 0 Å². The Balaban J connectivity index is 2.05. The number of benzene rings is 1. The highest BCUT2D eigenvalue weighted by Crippen LogP contribution is 2.34. The number of nitro benzene ring substituents is 1. The van der Waals surface area contributed by atoms with E-state index in [2.05, 4.69) is 5.32 Å². The summed E-state index contributed by atoms with van der Waals surface area (Å²) in [5.74, 6) is -0.0343. The average Bonchev–Trinajstić information content (AvgIpc) is 2.91. The number of halogens is 2. The lowest BCUT2D eigenvalue weighted by Crippen LogP contribution is -2.33. The molecule has 1 amide bonds. The van der Waals surface area contributed by atoms with Crippen LogP contribution in [0.25, 0.3) is 0 Å². The lowest BCUT2D eigenvalue weighted by Gasteiger charge is -2.16. The van der Waals surface area contributed by atoms with Crippen LogP contribution in [0.5, 0.6) is 0 Å². The third-order valence-electron chi connectivity index (χ3n) is 3.11. The van der Waals surface area contributed by atoms with E-state index in [1.807, 2.05) is 0 Å². The van der Waals surface area contributed by atoms with Gasteiger partial charge in [-0.2, -0.15) is 0 Å². The predicted octanol–water partition coefficient (Wildman–Crippen LogP) is 2.94. The molecule has 0 unspecified atom stereocenters. The number of likely N-dealkylation sites (tertiary alicyclic amines) is 1. The van der Waals surface area contributed by atoms with Gasteiger partial charge in [0.25, 0.3) is 5.69 Å². The third kappa shape index (κ3) is 3.32. The quantitative estimate of drug-likeness (QED) is 0.684. The second-order valence-corrected chi connectivity index (χ2v) is 5.30. The fourth-order valence-electron chi connectivity index (χ4n) is 2.08. The molecule has 1 aromatic carbocycles. The van der Waals surface area contributed by atoms with Crippen LogP contribution in [-0.2, 0) is 4.79 Å². The minimum Gasteiger partial charge on any atom is -0.374 e. The summed E-state index contributed by atoms with van der Waals surface area (Å²) >= 11 is 11.9. The van der Waals surface area contributed by atoms with Crippen molar-refractivity contribution >= 4 is 40.5 Å². The Morgan fingerprint density at radius 2 is 1.85 bits per heavy atom. The number of amides is 1. The van der Waals surface area contributed by atoms with E-state index in [4.69, 9.17) is 23.2 Å². The number of carbonyl (C=O) groups is 1. The largest absolute Gasteiger partial charge is 0.374 e. The molecule has 1 fully saturated rings. The van der Waals surface area contributed by atoms with E-state index in [-0.39, 0.29) is 28.2 Å². The maximum atomic E-state index is 11.9. The summed E-state index contributed by atoms with van der Waals surface area (Å²) in [5.41, 5.74) is 0.155. The minimum atomic E-state index is -0.572. The fourth-order valence-corrected chi connectivity index (χ4v) is 2.69. The molecule has 20 heavy (non-hydrogen) atoms. The molecule has 0 bridgehead atoms. The van der Waals surface area contributed by atoms with Gasteiger partial charge in [0.2, 0.25) is 5.91 Å². The van der Waals surface area contributed by atoms with Crippen molar-refractivity contribution in [2.24, 2.45) is 0 Å². The van der Waals surface area contributed by atoms with E-state index < -0.39 is 4.92 Å². The molecule has 1 heterocycles. The van der Waals surface area contributed by atoms with Gasteiger partial charge >= 0.3 is 0 Å². The summed E-state index contributed by atoms with van der Waals surface area (Å²) in [6, 6.07) is 2.41. The number of non-ortho nitro benzene ring substituents is 1. The van der Waals surface area contributed by atoms with Crippen molar-refractivity contribution in [2.45, 2.75) is 12.8 Å². The van der Waals surface area contributed by atoms with Gasteiger partial charge in [0, 0.05) is 25.2 Å². The Morgan fingerprint density at radius 1 is 1.30 bits per heavy atom. The lowest BCUT2D eigenvalue weighted by molar-refractivity contribution is -0.384. The molecule has 0 saturated carbocycles. The smallest absolute Gasteiger partial charge is 0.272 e. The monoisotopic (exact) mass is 317 g/mol. The summed E-state index contributed by atoms with van der Waals surface area (Å²) in [6.07, 6.45) is 2.04. The maximum Gasteiger partial charge on any atom is 0.272 e. The van der Waals surface area contributed by atoms with Crippen LogP contribution >= 0.6 is 23.2 Å². The van der Waals surface area contributed by atoms with Gasteiger partial charge in [-0.3, -0.25) is 14.9 Å². The Morgan fingerprint density at radius 3 is 2.35 bits per heavy atom. The molecule has 1 aromatic rings. The fraction of sp³-hybridized carbons (Fsp3) is 0.417. The Kier molecular flexibility index (Phi) is 4.67. The van der Waals surface area contributed by atoms with Crippen LogP contribution in [0.15, 0.2) is 12.1 Å². The Hall–Kier alpha value is -1.53. The standard InChI is InChI=1S/C12H13Cl2N3O3/c13-9-5-8(17(19)20)6-10(14)12(9)15-7-11(18)16-3-1-2-4-16/h5-6,15H,1-4,7H2. The molecule has 1 aliphatic heterocycles. The van der Waals surface area contributed by atoms with Gasteiger partial charge in [-0.1, -0.05) is 23.2 Å². The van der Waals surface area contributed by atoms with Crippen molar-refractivity contribution in [3.63, 3.8) is 0 Å². The lowest BCUT2D eigenvalue weighted by atomic mass is 10.2. The minimum absolute atomic E-state index is 0.0343. The number of carbonyl (C=O) groups excluding carboxylic acids is 1. The molecule has 1 saturated heterocycles. The van der Waals surface area contributed by atoms with Gasteiger partial charge in [-0.15, -0.1) is 0 Å². The summed E-state index contributed by atoms with van der Waals surface area (Å²) in [5, 5.41) is 13.8. The highest BCUT2D eigenvalue weighted by molar-refractivity contribution is 6.39. The van der Waals surface area contributed by atoms with Gasteiger partial charge in [0.15, 0.2) is 0 Å². The van der Waals surface area contributed by atoms with Crippen molar-refractivity contribution in [3.8, 4) is 0 Å². The highest BCUT2D eigenvalue weighted by Gasteiger charge is 2.19. The topological polar surface area (TPSA) is 75.5 Å². The number of hydrogen-bond acceptors (Lipinski definition) is 4. The maximum absolute atomic E-state index is 11.9. The molecule has 0 aromatic heterocycles. The summed E-state index contributed by atoms with van der Waals surface area (Å²) in [6.45, 7) is 1.60. The molecule has 108 valence electrons. The Labute approximate surface area is 125 Å². The van der Waals surface area contributed by atoms with Crippen LogP contribution in [0.4, 0.5) is 11.4 Å². The molecule has 2 rings (SSSR count). The van der Waals surface area contributed by atoms with E-state index >= 15 is 0 Å². The van der Waals surface area contributed by atoms with Crippen LogP contribution in [0.3, 0.4) is 0 Å². The number of hydrogen-bond donors (Lipinski definition) is 1. The number of nitrogens with one attached hydrogen (secondary N) is 1. The second kappa shape index (κ2) is 6.28. The van der Waals surface area contributed by atoms with Crippen LogP contribution in [-0.4, -0.2) is 35.4 Å².